The molecular weight excluding hydrogens is 412 g/mol. The molecule has 0 spiro atoms. The number of carbonyl (C=O) groups excluding carboxylic acids is 1. The van der Waals surface area contributed by atoms with Gasteiger partial charge in [-0.3, -0.25) is 4.79 Å². The van der Waals surface area contributed by atoms with Crippen LogP contribution in [0, 0.1) is 0 Å². The number of rotatable bonds is 3. The average Bonchev–Trinajstić information content (AvgIpc) is 2.88. The van der Waals surface area contributed by atoms with Crippen molar-refractivity contribution in [1.29, 1.82) is 0 Å². The van der Waals surface area contributed by atoms with E-state index in [4.69, 9.17) is 9.47 Å². The van der Waals surface area contributed by atoms with Crippen LogP contribution in [-0.4, -0.2) is 19.2 Å². The van der Waals surface area contributed by atoms with Crippen LogP contribution in [-0.2, 0) is 6.54 Å². The molecular formula is C28H24N2O3. The molecule has 0 aromatic heterocycles. The van der Waals surface area contributed by atoms with E-state index in [0.717, 1.165) is 35.7 Å². The topological polar surface area (TPSA) is 50.8 Å². The molecule has 1 atom stereocenters. The largest absolute Gasteiger partial charge is 0.493 e. The first-order valence-electron chi connectivity index (χ1n) is 11.3. The highest BCUT2D eigenvalue weighted by Gasteiger charge is 2.24. The number of carbonyl (C=O) groups is 1. The Kier molecular flexibility index (Phi) is 4.87. The average molecular weight is 437 g/mol. The second-order valence-corrected chi connectivity index (χ2v) is 8.48. The molecule has 6 rings (SSSR count). The van der Waals surface area contributed by atoms with Crippen LogP contribution >= 0.6 is 0 Å². The van der Waals surface area contributed by atoms with Gasteiger partial charge in [-0.05, 0) is 47.2 Å². The van der Waals surface area contributed by atoms with Crippen molar-refractivity contribution in [2.24, 2.45) is 0 Å². The Labute approximate surface area is 192 Å². The van der Waals surface area contributed by atoms with E-state index in [1.165, 1.54) is 16.3 Å². The van der Waals surface area contributed by atoms with Crippen LogP contribution in [0.3, 0.4) is 0 Å². The summed E-state index contributed by atoms with van der Waals surface area (Å²) < 4.78 is 11.8. The maximum atomic E-state index is 12.9. The summed E-state index contributed by atoms with van der Waals surface area (Å²) in [6.07, 6.45) is 0.763. The number of hydrogen-bond donors (Lipinski definition) is 1. The van der Waals surface area contributed by atoms with E-state index < -0.39 is 0 Å². The van der Waals surface area contributed by atoms with Crippen molar-refractivity contribution < 1.29 is 14.3 Å². The molecule has 4 aromatic carbocycles. The first-order chi connectivity index (χ1) is 16.3. The number of amides is 1. The third kappa shape index (κ3) is 3.65. The van der Waals surface area contributed by atoms with Crippen molar-refractivity contribution in [1.82, 2.24) is 5.32 Å². The van der Waals surface area contributed by atoms with Gasteiger partial charge >= 0.3 is 0 Å². The maximum Gasteiger partial charge on any atom is 0.251 e. The van der Waals surface area contributed by atoms with Crippen LogP contribution in [0.15, 0.2) is 84.9 Å². The first kappa shape index (κ1) is 19.7. The zero-order chi connectivity index (χ0) is 22.2. The molecule has 2 aliphatic rings. The molecule has 164 valence electrons. The van der Waals surface area contributed by atoms with E-state index in [1.807, 2.05) is 48.5 Å². The van der Waals surface area contributed by atoms with Crippen LogP contribution in [0.5, 0.6) is 11.5 Å². The van der Waals surface area contributed by atoms with Gasteiger partial charge in [0.25, 0.3) is 5.91 Å². The van der Waals surface area contributed by atoms with Gasteiger partial charge in [0.1, 0.15) is 11.5 Å². The minimum atomic E-state index is -0.0745. The zero-order valence-electron chi connectivity index (χ0n) is 18.2. The summed E-state index contributed by atoms with van der Waals surface area (Å²) in [5.41, 5.74) is 3.90. The van der Waals surface area contributed by atoms with Gasteiger partial charge in [-0.2, -0.15) is 0 Å². The molecule has 1 N–H and O–H groups in total. The van der Waals surface area contributed by atoms with Crippen molar-refractivity contribution in [3.63, 3.8) is 0 Å². The van der Waals surface area contributed by atoms with Gasteiger partial charge in [-0.25, -0.2) is 0 Å². The van der Waals surface area contributed by atoms with E-state index in [-0.39, 0.29) is 11.9 Å². The minimum absolute atomic E-state index is 0.0394. The van der Waals surface area contributed by atoms with Crippen molar-refractivity contribution in [3.05, 3.63) is 102 Å². The number of nitrogens with one attached hydrogen (secondary N) is 1. The fourth-order valence-electron chi connectivity index (χ4n) is 4.72. The smallest absolute Gasteiger partial charge is 0.251 e. The molecule has 1 unspecified atom stereocenters. The molecule has 0 saturated carbocycles. The van der Waals surface area contributed by atoms with Crippen LogP contribution in [0.25, 0.3) is 10.8 Å². The molecule has 5 heteroatoms. The fourth-order valence-corrected chi connectivity index (χ4v) is 4.72. The number of fused-ring (bicyclic) bond motifs is 4. The highest BCUT2D eigenvalue weighted by Crippen LogP contribution is 2.34. The van der Waals surface area contributed by atoms with Crippen LogP contribution in [0.2, 0.25) is 0 Å². The van der Waals surface area contributed by atoms with E-state index in [2.05, 4.69) is 46.6 Å². The second kappa shape index (κ2) is 8.17. The summed E-state index contributed by atoms with van der Waals surface area (Å²) in [4.78, 5) is 15.1. The quantitative estimate of drug-likeness (QED) is 0.464. The maximum absolute atomic E-state index is 12.9. The Morgan fingerprint density at radius 3 is 2.58 bits per heavy atom. The predicted octanol–water partition coefficient (Wildman–Crippen LogP) is 5.45. The third-order valence-corrected chi connectivity index (χ3v) is 6.48. The zero-order valence-corrected chi connectivity index (χ0v) is 18.2. The SMILES string of the molecule is O=C(NC1CCOc2ccccc21)c1ccc(N2COc3ccc4ccccc4c3C2)cc1. The third-order valence-electron chi connectivity index (χ3n) is 6.48. The van der Waals surface area contributed by atoms with Crippen LogP contribution in [0.4, 0.5) is 5.69 Å². The molecule has 4 aromatic rings. The lowest BCUT2D eigenvalue weighted by atomic mass is 10.00. The van der Waals surface area contributed by atoms with Gasteiger partial charge < -0.3 is 19.7 Å². The number of benzene rings is 4. The molecule has 5 nitrogen and oxygen atoms in total. The molecule has 2 aliphatic heterocycles. The normalized spacial score (nSPS) is 16.8. The molecule has 2 heterocycles. The van der Waals surface area contributed by atoms with Gasteiger partial charge in [0.05, 0.1) is 19.2 Å². The summed E-state index contributed by atoms with van der Waals surface area (Å²) in [5.74, 6) is 1.72. The summed E-state index contributed by atoms with van der Waals surface area (Å²) in [6.45, 7) is 1.85. The summed E-state index contributed by atoms with van der Waals surface area (Å²) in [7, 11) is 0. The highest BCUT2D eigenvalue weighted by atomic mass is 16.5. The Bertz CT molecular complexity index is 1330. The Morgan fingerprint density at radius 1 is 0.848 bits per heavy atom. The minimum Gasteiger partial charge on any atom is -0.493 e. The number of hydrogen-bond acceptors (Lipinski definition) is 4. The van der Waals surface area contributed by atoms with Crippen LogP contribution < -0.4 is 19.7 Å². The number of ether oxygens (including phenoxy) is 2. The monoisotopic (exact) mass is 436 g/mol. The molecule has 0 fully saturated rings. The highest BCUT2D eigenvalue weighted by molar-refractivity contribution is 5.95. The molecule has 1 amide bonds. The molecule has 33 heavy (non-hydrogen) atoms. The standard InChI is InChI=1S/C28H24N2O3/c31-28(29-25-15-16-32-26-8-4-3-7-23(25)26)20-9-12-21(13-10-20)30-17-24-22-6-2-1-5-19(22)11-14-27(24)33-18-30/h1-14,25H,15-18H2,(H,29,31). The predicted molar refractivity (Wildman–Crippen MR) is 129 cm³/mol. The van der Waals surface area contributed by atoms with E-state index in [1.54, 1.807) is 0 Å². The summed E-state index contributed by atoms with van der Waals surface area (Å²) >= 11 is 0. The van der Waals surface area contributed by atoms with E-state index in [9.17, 15) is 4.79 Å². The lowest BCUT2D eigenvalue weighted by Crippen LogP contribution is -2.33. The molecule has 0 saturated heterocycles. The number of nitrogens with zero attached hydrogens (tertiary/aromatic N) is 1. The molecule has 0 bridgehead atoms. The van der Waals surface area contributed by atoms with Gasteiger partial charge in [-0.15, -0.1) is 0 Å². The Morgan fingerprint density at radius 2 is 1.67 bits per heavy atom. The first-order valence-corrected chi connectivity index (χ1v) is 11.3. The Balaban J connectivity index is 1.19. The lowest BCUT2D eigenvalue weighted by molar-refractivity contribution is 0.0925. The van der Waals surface area contributed by atoms with Crippen molar-refractivity contribution >= 4 is 22.4 Å². The van der Waals surface area contributed by atoms with Gasteiger partial charge in [0.15, 0.2) is 6.73 Å². The second-order valence-electron chi connectivity index (χ2n) is 8.48. The lowest BCUT2D eigenvalue weighted by Gasteiger charge is -2.31. The number of anilines is 1. The van der Waals surface area contributed by atoms with E-state index in [0.29, 0.717) is 18.9 Å². The van der Waals surface area contributed by atoms with Crippen LogP contribution in [0.1, 0.15) is 33.9 Å². The van der Waals surface area contributed by atoms with Crippen molar-refractivity contribution in [2.75, 3.05) is 18.2 Å². The number of para-hydroxylation sites is 1. The van der Waals surface area contributed by atoms with Gasteiger partial charge in [-0.1, -0.05) is 48.5 Å². The van der Waals surface area contributed by atoms with Crippen molar-refractivity contribution in [3.8, 4) is 11.5 Å². The summed E-state index contributed by atoms with van der Waals surface area (Å²) in [6, 6.07) is 28.1. The van der Waals surface area contributed by atoms with Gasteiger partial charge in [0, 0.05) is 28.8 Å². The summed E-state index contributed by atoms with van der Waals surface area (Å²) in [5, 5.41) is 5.59. The fraction of sp³-hybridized carbons (Fsp3) is 0.179. The van der Waals surface area contributed by atoms with Gasteiger partial charge in [0.2, 0.25) is 0 Å². The molecule has 0 aliphatic carbocycles. The molecule has 0 radical (unpaired) electrons. The van der Waals surface area contributed by atoms with E-state index >= 15 is 0 Å². The van der Waals surface area contributed by atoms with Crippen molar-refractivity contribution in [2.45, 2.75) is 19.0 Å². The Hall–Kier alpha value is -3.99.